The first kappa shape index (κ1) is 21.0. The van der Waals surface area contributed by atoms with E-state index in [0.29, 0.717) is 16.7 Å². The molecule has 0 spiro atoms. The number of nitrogens with one attached hydrogen (secondary N) is 2. The second kappa shape index (κ2) is 7.75. The van der Waals surface area contributed by atoms with Gasteiger partial charge in [0.25, 0.3) is 5.91 Å². The molecule has 1 heterocycles. The summed E-state index contributed by atoms with van der Waals surface area (Å²) in [6.45, 7) is 0. The van der Waals surface area contributed by atoms with Crippen molar-refractivity contribution in [2.75, 3.05) is 11.6 Å². The number of imidazole rings is 1. The van der Waals surface area contributed by atoms with Crippen molar-refractivity contribution in [3.63, 3.8) is 0 Å². The molecule has 1 amide bonds. The number of aromatic amines is 1. The zero-order chi connectivity index (χ0) is 22.3. The van der Waals surface area contributed by atoms with Crippen molar-refractivity contribution in [3.8, 4) is 11.4 Å². The van der Waals surface area contributed by atoms with Crippen LogP contribution in [0.25, 0.3) is 22.4 Å². The van der Waals surface area contributed by atoms with Gasteiger partial charge in [0, 0.05) is 11.9 Å². The minimum absolute atomic E-state index is 0.00294. The lowest BCUT2D eigenvalue weighted by Crippen LogP contribution is -2.13. The average molecular weight is 462 g/mol. The van der Waals surface area contributed by atoms with Gasteiger partial charge in [0.1, 0.15) is 17.5 Å². The van der Waals surface area contributed by atoms with Crippen LogP contribution in [0.4, 0.5) is 14.5 Å². The molecule has 0 bridgehead atoms. The van der Waals surface area contributed by atoms with E-state index in [1.165, 1.54) is 18.2 Å². The van der Waals surface area contributed by atoms with Gasteiger partial charge in [0.05, 0.1) is 32.1 Å². The summed E-state index contributed by atoms with van der Waals surface area (Å²) >= 11 is 6.06. The van der Waals surface area contributed by atoms with Crippen LogP contribution < -0.4 is 5.32 Å². The number of anilines is 1. The fourth-order valence-corrected chi connectivity index (χ4v) is 3.85. The van der Waals surface area contributed by atoms with Crippen molar-refractivity contribution in [1.29, 1.82) is 0 Å². The molecule has 3 aromatic carbocycles. The second-order valence-corrected chi connectivity index (χ2v) is 9.23. The van der Waals surface area contributed by atoms with Crippen molar-refractivity contribution in [2.45, 2.75) is 4.90 Å². The average Bonchev–Trinajstić information content (AvgIpc) is 3.12. The Morgan fingerprint density at radius 1 is 1.06 bits per heavy atom. The number of hydrogen-bond donors (Lipinski definition) is 2. The summed E-state index contributed by atoms with van der Waals surface area (Å²) in [5.74, 6) is -1.70. The van der Waals surface area contributed by atoms with E-state index in [-0.39, 0.29) is 26.9 Å². The predicted molar refractivity (Wildman–Crippen MR) is 114 cm³/mol. The molecule has 1 aromatic heterocycles. The zero-order valence-electron chi connectivity index (χ0n) is 15.9. The minimum Gasteiger partial charge on any atom is -0.338 e. The van der Waals surface area contributed by atoms with Gasteiger partial charge in [-0.3, -0.25) is 4.79 Å². The van der Waals surface area contributed by atoms with Gasteiger partial charge >= 0.3 is 0 Å². The number of halogens is 3. The van der Waals surface area contributed by atoms with Gasteiger partial charge in [0.2, 0.25) is 0 Å². The van der Waals surface area contributed by atoms with E-state index in [9.17, 15) is 22.0 Å². The largest absolute Gasteiger partial charge is 0.338 e. The van der Waals surface area contributed by atoms with Crippen LogP contribution in [0.15, 0.2) is 59.5 Å². The summed E-state index contributed by atoms with van der Waals surface area (Å²) in [7, 11) is -3.52. The highest BCUT2D eigenvalue weighted by Crippen LogP contribution is 2.26. The van der Waals surface area contributed by atoms with Crippen molar-refractivity contribution in [2.24, 2.45) is 0 Å². The molecular formula is C21H14ClF2N3O3S. The van der Waals surface area contributed by atoms with Crippen LogP contribution in [-0.2, 0) is 9.84 Å². The molecular weight excluding hydrogens is 448 g/mol. The molecule has 4 aromatic rings. The third kappa shape index (κ3) is 4.28. The Labute approximate surface area is 180 Å². The van der Waals surface area contributed by atoms with E-state index in [2.05, 4.69) is 15.3 Å². The van der Waals surface area contributed by atoms with Crippen molar-refractivity contribution < 1.29 is 22.0 Å². The summed E-state index contributed by atoms with van der Waals surface area (Å²) in [5, 5.41) is 2.73. The maximum absolute atomic E-state index is 14.0. The molecule has 0 aliphatic carbocycles. The molecule has 10 heteroatoms. The number of rotatable bonds is 4. The van der Waals surface area contributed by atoms with Gasteiger partial charge in [-0.05, 0) is 54.6 Å². The number of amides is 1. The number of benzene rings is 3. The highest BCUT2D eigenvalue weighted by atomic mass is 35.5. The van der Waals surface area contributed by atoms with Crippen LogP contribution in [-0.4, -0.2) is 30.5 Å². The lowest BCUT2D eigenvalue weighted by atomic mass is 10.2. The molecule has 0 atom stereocenters. The lowest BCUT2D eigenvalue weighted by Gasteiger charge is -2.08. The van der Waals surface area contributed by atoms with E-state index < -0.39 is 27.4 Å². The highest BCUT2D eigenvalue weighted by molar-refractivity contribution is 7.90. The van der Waals surface area contributed by atoms with Gasteiger partial charge < -0.3 is 10.3 Å². The quantitative estimate of drug-likeness (QED) is 0.456. The molecule has 0 radical (unpaired) electrons. The second-order valence-electron chi connectivity index (χ2n) is 6.81. The molecule has 0 saturated heterocycles. The molecule has 0 unspecified atom stereocenters. The molecule has 6 nitrogen and oxygen atoms in total. The van der Waals surface area contributed by atoms with Crippen LogP contribution in [0.1, 0.15) is 10.4 Å². The Bertz CT molecular complexity index is 1450. The number of hydrogen-bond acceptors (Lipinski definition) is 4. The summed E-state index contributed by atoms with van der Waals surface area (Å²) in [6, 6.07) is 11.6. The molecule has 158 valence electrons. The van der Waals surface area contributed by atoms with Gasteiger partial charge in [-0.2, -0.15) is 0 Å². The highest BCUT2D eigenvalue weighted by Gasteiger charge is 2.17. The first-order valence-corrected chi connectivity index (χ1v) is 11.1. The smallest absolute Gasteiger partial charge is 0.257 e. The van der Waals surface area contributed by atoms with Gasteiger partial charge in [-0.15, -0.1) is 0 Å². The van der Waals surface area contributed by atoms with Crippen LogP contribution in [0.2, 0.25) is 5.02 Å². The standard InChI is InChI=1S/C21H14ClF2N3O3S/c1-31(29,30)13-4-5-16(22)14(10-13)21(28)25-12-3-7-18-19(9-12)27-20(26-18)15-8-11(23)2-6-17(15)24/h2-10H,1H3,(H,25,28)(H,26,27). The minimum atomic E-state index is -3.52. The summed E-state index contributed by atoms with van der Waals surface area (Å²) in [6.07, 6.45) is 1.03. The van der Waals surface area contributed by atoms with Gasteiger partial charge in [-0.1, -0.05) is 11.6 Å². The predicted octanol–water partition coefficient (Wildman–Crippen LogP) is 4.82. The van der Waals surface area contributed by atoms with Crippen LogP contribution >= 0.6 is 11.6 Å². The third-order valence-electron chi connectivity index (χ3n) is 4.53. The normalized spacial score (nSPS) is 11.6. The topological polar surface area (TPSA) is 91.9 Å². The van der Waals surface area contributed by atoms with E-state index in [0.717, 1.165) is 24.5 Å². The Hall–Kier alpha value is -3.30. The number of carbonyl (C=O) groups excluding carboxylic acids is 1. The van der Waals surface area contributed by atoms with Crippen molar-refractivity contribution >= 4 is 44.1 Å². The first-order valence-electron chi connectivity index (χ1n) is 8.88. The number of aromatic nitrogens is 2. The maximum Gasteiger partial charge on any atom is 0.257 e. The third-order valence-corrected chi connectivity index (χ3v) is 5.97. The number of H-pyrrole nitrogens is 1. The fourth-order valence-electron chi connectivity index (χ4n) is 3.00. The van der Waals surface area contributed by atoms with E-state index in [4.69, 9.17) is 11.6 Å². The van der Waals surface area contributed by atoms with Gasteiger partial charge in [0.15, 0.2) is 9.84 Å². The number of nitrogens with zero attached hydrogens (tertiary/aromatic N) is 1. The number of fused-ring (bicyclic) bond motifs is 1. The molecule has 31 heavy (non-hydrogen) atoms. The molecule has 2 N–H and O–H groups in total. The zero-order valence-corrected chi connectivity index (χ0v) is 17.5. The summed E-state index contributed by atoms with van der Waals surface area (Å²) < 4.78 is 51.0. The monoisotopic (exact) mass is 461 g/mol. The number of sulfone groups is 1. The molecule has 4 rings (SSSR count). The summed E-state index contributed by atoms with van der Waals surface area (Å²) in [4.78, 5) is 19.8. The van der Waals surface area contributed by atoms with Crippen molar-refractivity contribution in [3.05, 3.63) is 76.8 Å². The molecule has 0 aliphatic rings. The Kier molecular flexibility index (Phi) is 5.24. The molecule has 0 fully saturated rings. The van der Waals surface area contributed by atoms with Crippen LogP contribution in [0.3, 0.4) is 0 Å². The van der Waals surface area contributed by atoms with Crippen LogP contribution in [0, 0.1) is 11.6 Å². The Morgan fingerprint density at radius 2 is 1.84 bits per heavy atom. The van der Waals surface area contributed by atoms with E-state index in [1.54, 1.807) is 18.2 Å². The van der Waals surface area contributed by atoms with Crippen LogP contribution in [0.5, 0.6) is 0 Å². The Balaban J connectivity index is 1.66. The SMILES string of the molecule is CS(=O)(=O)c1ccc(Cl)c(C(=O)Nc2ccc3nc(-c4cc(F)ccc4F)[nH]c3c2)c1. The number of carbonyl (C=O) groups is 1. The van der Waals surface area contributed by atoms with E-state index >= 15 is 0 Å². The lowest BCUT2D eigenvalue weighted by molar-refractivity contribution is 0.102. The van der Waals surface area contributed by atoms with Gasteiger partial charge in [-0.25, -0.2) is 22.2 Å². The Morgan fingerprint density at radius 3 is 2.58 bits per heavy atom. The fraction of sp³-hybridized carbons (Fsp3) is 0.0476. The molecule has 0 saturated carbocycles. The van der Waals surface area contributed by atoms with Crippen molar-refractivity contribution in [1.82, 2.24) is 9.97 Å². The molecule has 0 aliphatic heterocycles. The summed E-state index contributed by atoms with van der Waals surface area (Å²) in [5.41, 5.74) is 1.30. The maximum atomic E-state index is 14.0. The van der Waals surface area contributed by atoms with E-state index in [1.807, 2.05) is 0 Å². The first-order chi connectivity index (χ1) is 14.6.